The van der Waals surface area contributed by atoms with E-state index in [0.717, 1.165) is 22.9 Å². The van der Waals surface area contributed by atoms with Gasteiger partial charge in [-0.15, -0.1) is 0 Å². The summed E-state index contributed by atoms with van der Waals surface area (Å²) in [5.74, 6) is -0.699. The normalized spacial score (nSPS) is 11.4. The van der Waals surface area contributed by atoms with Crippen molar-refractivity contribution in [2.24, 2.45) is 0 Å². The zero-order valence-corrected chi connectivity index (χ0v) is 19.5. The summed E-state index contributed by atoms with van der Waals surface area (Å²) >= 11 is 1.32. The van der Waals surface area contributed by atoms with Gasteiger partial charge < -0.3 is 14.6 Å². The number of aryl methyl sites for hydroxylation is 1. The van der Waals surface area contributed by atoms with Crippen molar-refractivity contribution in [2.45, 2.75) is 18.7 Å². The number of aromatic carboxylic acids is 1. The molecule has 0 radical (unpaired) electrons. The molecule has 8 nitrogen and oxygen atoms in total. The number of carbonyl (C=O) groups excluding carboxylic acids is 1. The number of thioether (sulfide) groups is 1. The summed E-state index contributed by atoms with van der Waals surface area (Å²) in [6.45, 7) is 1.56. The number of aromatic nitrogens is 2. The fraction of sp³-hybridized carbons (Fsp3) is 0.227. The molecule has 168 valence electrons. The lowest BCUT2D eigenvalue weighted by Crippen LogP contribution is -2.22. The second kappa shape index (κ2) is 9.68. The Balaban J connectivity index is 2.15. The van der Waals surface area contributed by atoms with E-state index < -0.39 is 16.1 Å². The van der Waals surface area contributed by atoms with Crippen LogP contribution in [0.1, 0.15) is 21.6 Å². The number of carboxylic acid groups (broad SMARTS) is 1. The van der Waals surface area contributed by atoms with E-state index in [4.69, 9.17) is 8.92 Å². The first-order chi connectivity index (χ1) is 15.1. The fourth-order valence-electron chi connectivity index (χ4n) is 3.20. The van der Waals surface area contributed by atoms with E-state index in [9.17, 15) is 18.3 Å². The zero-order chi connectivity index (χ0) is 23.5. The number of nitrogens with zero attached hydrogens (tertiary/aromatic N) is 2. The number of hydrogen-bond acceptors (Lipinski definition) is 9. The van der Waals surface area contributed by atoms with Crippen LogP contribution in [0.4, 0.5) is 0 Å². The van der Waals surface area contributed by atoms with Gasteiger partial charge in [0.1, 0.15) is 12.4 Å². The largest absolute Gasteiger partial charge is 0.545 e. The molecule has 10 heteroatoms. The van der Waals surface area contributed by atoms with Gasteiger partial charge in [0.05, 0.1) is 25.0 Å². The smallest absolute Gasteiger partial charge is 0.264 e. The second-order valence-electron chi connectivity index (χ2n) is 6.92. The highest BCUT2D eigenvalue weighted by Crippen LogP contribution is 2.37. The van der Waals surface area contributed by atoms with Crippen LogP contribution in [-0.4, -0.2) is 44.0 Å². The first kappa shape index (κ1) is 23.7. The summed E-state index contributed by atoms with van der Waals surface area (Å²) in [6.07, 6.45) is 4.40. The average Bonchev–Trinajstić information content (AvgIpc) is 2.76. The number of benzene rings is 2. The van der Waals surface area contributed by atoms with Crippen LogP contribution in [0.3, 0.4) is 0 Å². The lowest BCUT2D eigenvalue weighted by atomic mass is 9.94. The number of rotatable bonds is 8. The van der Waals surface area contributed by atoms with E-state index in [1.807, 2.05) is 25.3 Å². The first-order valence-corrected chi connectivity index (χ1v) is 12.4. The van der Waals surface area contributed by atoms with Crippen LogP contribution < -0.4 is 9.84 Å². The van der Waals surface area contributed by atoms with E-state index in [0.29, 0.717) is 27.7 Å². The molecule has 0 saturated heterocycles. The Morgan fingerprint density at radius 2 is 1.88 bits per heavy atom. The third kappa shape index (κ3) is 5.45. The third-order valence-corrected chi connectivity index (χ3v) is 5.81. The molecule has 3 aromatic rings. The van der Waals surface area contributed by atoms with Crippen LogP contribution in [0.2, 0.25) is 0 Å². The maximum absolute atomic E-state index is 11.5. The summed E-state index contributed by atoms with van der Waals surface area (Å²) in [5.41, 5.74) is 4.11. The molecule has 0 fully saturated rings. The van der Waals surface area contributed by atoms with Crippen molar-refractivity contribution in [3.8, 4) is 28.0 Å². The Bertz CT molecular complexity index is 1280. The van der Waals surface area contributed by atoms with Gasteiger partial charge in [0, 0.05) is 17.3 Å². The first-order valence-electron chi connectivity index (χ1n) is 9.38. The summed E-state index contributed by atoms with van der Waals surface area (Å²) in [6, 6.07) is 10.3. The Morgan fingerprint density at radius 1 is 1.12 bits per heavy atom. The van der Waals surface area contributed by atoms with Gasteiger partial charge in [-0.05, 0) is 53.6 Å². The molecule has 32 heavy (non-hydrogen) atoms. The quantitative estimate of drug-likeness (QED) is 0.276. The minimum atomic E-state index is -3.68. The predicted octanol–water partition coefficient (Wildman–Crippen LogP) is 2.69. The Kier molecular flexibility index (Phi) is 7.17. The van der Waals surface area contributed by atoms with Crippen LogP contribution in [0, 0.1) is 6.92 Å². The van der Waals surface area contributed by atoms with E-state index >= 15 is 0 Å². The number of carbonyl (C=O) groups is 1. The molecular weight excluding hydrogens is 452 g/mol. The molecule has 0 aliphatic heterocycles. The molecule has 3 rings (SSSR count). The van der Waals surface area contributed by atoms with E-state index in [1.165, 1.54) is 24.9 Å². The van der Waals surface area contributed by atoms with Gasteiger partial charge >= 0.3 is 0 Å². The standard InChI is InChI=1S/C22H22N2O6S2/c1-13-9-15(21(25)26)5-7-16(13)14-6-8-20(29-2)17(10-14)18-11-23-22(31-3)24-19(18)12-30-32(4,27)28/h5-11H,12H2,1-4H3,(H,25,26)/p-1. The van der Waals surface area contributed by atoms with Gasteiger partial charge in [-0.3, -0.25) is 4.18 Å². The number of hydrogen-bond donors (Lipinski definition) is 0. The highest BCUT2D eigenvalue weighted by Gasteiger charge is 2.17. The van der Waals surface area contributed by atoms with E-state index in [2.05, 4.69) is 9.97 Å². The van der Waals surface area contributed by atoms with Crippen molar-refractivity contribution in [3.63, 3.8) is 0 Å². The molecule has 0 aliphatic carbocycles. The number of ether oxygens (including phenoxy) is 1. The fourth-order valence-corrected chi connectivity index (χ4v) is 3.88. The SMILES string of the molecule is COc1ccc(-c2ccc(C(=O)[O-])cc2C)cc1-c1cnc(SC)nc1COS(C)(=O)=O. The molecule has 0 spiro atoms. The molecular formula is C22H21N2O6S2-. The molecule has 0 N–H and O–H groups in total. The van der Waals surface area contributed by atoms with Crippen LogP contribution >= 0.6 is 11.8 Å². The predicted molar refractivity (Wildman–Crippen MR) is 120 cm³/mol. The molecule has 2 aromatic carbocycles. The van der Waals surface area contributed by atoms with Crippen molar-refractivity contribution in [2.75, 3.05) is 19.6 Å². The molecule has 0 saturated carbocycles. The average molecular weight is 474 g/mol. The van der Waals surface area contributed by atoms with Gasteiger partial charge in [-0.25, -0.2) is 9.97 Å². The molecule has 0 unspecified atom stereocenters. The Hall–Kier alpha value is -2.95. The summed E-state index contributed by atoms with van der Waals surface area (Å²) < 4.78 is 33.6. The van der Waals surface area contributed by atoms with E-state index in [-0.39, 0.29) is 12.2 Å². The summed E-state index contributed by atoms with van der Waals surface area (Å²) in [4.78, 5) is 19.9. The maximum atomic E-state index is 11.5. The highest BCUT2D eigenvalue weighted by atomic mass is 32.2. The van der Waals surface area contributed by atoms with Crippen LogP contribution in [0.25, 0.3) is 22.3 Å². The van der Waals surface area contributed by atoms with Gasteiger partial charge in [0.25, 0.3) is 10.1 Å². The Labute approximate surface area is 190 Å². The molecule has 0 aliphatic rings. The molecule has 0 atom stereocenters. The van der Waals surface area contributed by atoms with Gasteiger partial charge in [-0.1, -0.05) is 30.0 Å². The zero-order valence-electron chi connectivity index (χ0n) is 17.9. The van der Waals surface area contributed by atoms with Crippen LogP contribution in [-0.2, 0) is 20.9 Å². The van der Waals surface area contributed by atoms with Crippen molar-refractivity contribution in [3.05, 3.63) is 59.4 Å². The van der Waals surface area contributed by atoms with Gasteiger partial charge in [0.2, 0.25) is 0 Å². The second-order valence-corrected chi connectivity index (χ2v) is 9.33. The third-order valence-electron chi connectivity index (χ3n) is 4.70. The maximum Gasteiger partial charge on any atom is 0.264 e. The molecule has 1 heterocycles. The van der Waals surface area contributed by atoms with E-state index in [1.54, 1.807) is 24.4 Å². The molecule has 0 bridgehead atoms. The highest BCUT2D eigenvalue weighted by molar-refractivity contribution is 7.98. The minimum absolute atomic E-state index is 0.0984. The summed E-state index contributed by atoms with van der Waals surface area (Å²) in [7, 11) is -2.15. The number of carboxylic acids is 1. The lowest BCUT2D eigenvalue weighted by Gasteiger charge is -2.16. The Morgan fingerprint density at radius 3 is 2.47 bits per heavy atom. The van der Waals surface area contributed by atoms with Crippen LogP contribution in [0.5, 0.6) is 5.75 Å². The molecule has 0 amide bonds. The monoisotopic (exact) mass is 473 g/mol. The van der Waals surface area contributed by atoms with Crippen LogP contribution in [0.15, 0.2) is 47.8 Å². The summed E-state index contributed by atoms with van der Waals surface area (Å²) in [5, 5.41) is 11.6. The van der Waals surface area contributed by atoms with Crippen molar-refractivity contribution < 1.29 is 27.2 Å². The van der Waals surface area contributed by atoms with Crippen molar-refractivity contribution >= 4 is 27.8 Å². The topological polar surface area (TPSA) is 119 Å². The van der Waals surface area contributed by atoms with Crippen molar-refractivity contribution in [1.82, 2.24) is 9.97 Å². The van der Waals surface area contributed by atoms with Gasteiger partial charge in [0.15, 0.2) is 5.16 Å². The lowest BCUT2D eigenvalue weighted by molar-refractivity contribution is -0.255. The molecule has 1 aromatic heterocycles. The number of methoxy groups -OCH3 is 1. The van der Waals surface area contributed by atoms with Crippen molar-refractivity contribution in [1.29, 1.82) is 0 Å². The minimum Gasteiger partial charge on any atom is -0.545 e. The van der Waals surface area contributed by atoms with Gasteiger partial charge in [-0.2, -0.15) is 8.42 Å².